The average Bonchev–Trinajstić information content (AvgIpc) is 2.51. The van der Waals surface area contributed by atoms with Crippen LogP contribution in [0, 0.1) is 0 Å². The minimum Gasteiger partial charge on any atom is -0.493 e. The molecule has 1 aliphatic heterocycles. The van der Waals surface area contributed by atoms with Gasteiger partial charge >= 0.3 is 6.03 Å². The normalized spacial score (nSPS) is 22.4. The van der Waals surface area contributed by atoms with Crippen LogP contribution >= 0.6 is 0 Å². The Kier molecular flexibility index (Phi) is 3.72. The first-order chi connectivity index (χ1) is 8.59. The number of rotatable bonds is 1. The summed E-state index contributed by atoms with van der Waals surface area (Å²) in [7, 11) is 3.34. The topological polar surface area (TPSA) is 61.8 Å². The fraction of sp³-hybridized carbons (Fsp3) is 0.462. The van der Waals surface area contributed by atoms with Gasteiger partial charge in [0.1, 0.15) is 11.9 Å². The molecule has 0 saturated heterocycles. The number of carbonyl (C=O) groups excluding carboxylic acids is 1. The molecular weight excluding hydrogens is 232 g/mol. The van der Waals surface area contributed by atoms with Crippen molar-refractivity contribution in [2.24, 2.45) is 0 Å². The van der Waals surface area contributed by atoms with Crippen molar-refractivity contribution in [3.05, 3.63) is 29.8 Å². The van der Waals surface area contributed by atoms with E-state index >= 15 is 0 Å². The van der Waals surface area contributed by atoms with Crippen molar-refractivity contribution >= 4 is 6.03 Å². The van der Waals surface area contributed by atoms with Crippen LogP contribution in [0.25, 0.3) is 0 Å². The van der Waals surface area contributed by atoms with Gasteiger partial charge < -0.3 is 20.1 Å². The molecule has 0 bridgehead atoms. The van der Waals surface area contributed by atoms with Gasteiger partial charge in [0.2, 0.25) is 0 Å². The van der Waals surface area contributed by atoms with Crippen LogP contribution in [-0.2, 0) is 0 Å². The van der Waals surface area contributed by atoms with Gasteiger partial charge in [0.05, 0.1) is 12.6 Å². The van der Waals surface area contributed by atoms with E-state index in [9.17, 15) is 9.90 Å². The lowest BCUT2D eigenvalue weighted by atomic mass is 10.0. The molecular formula is C13H18N2O3. The maximum Gasteiger partial charge on any atom is 0.317 e. The van der Waals surface area contributed by atoms with Gasteiger partial charge in [-0.1, -0.05) is 18.2 Å². The van der Waals surface area contributed by atoms with Crippen molar-refractivity contribution < 1.29 is 14.6 Å². The van der Waals surface area contributed by atoms with Gasteiger partial charge in [-0.2, -0.15) is 0 Å². The summed E-state index contributed by atoms with van der Waals surface area (Å²) in [6.45, 7) is 0.479. The number of carbonyl (C=O) groups is 1. The quantitative estimate of drug-likeness (QED) is 0.785. The second-order valence-electron chi connectivity index (χ2n) is 4.57. The Bertz CT molecular complexity index is 434. The number of ether oxygens (including phenoxy) is 1. The van der Waals surface area contributed by atoms with Gasteiger partial charge in [-0.25, -0.2) is 4.79 Å². The van der Waals surface area contributed by atoms with Crippen LogP contribution in [0.4, 0.5) is 4.79 Å². The van der Waals surface area contributed by atoms with E-state index in [0.717, 1.165) is 5.56 Å². The minimum atomic E-state index is -0.743. The monoisotopic (exact) mass is 250 g/mol. The molecule has 1 heterocycles. The van der Waals surface area contributed by atoms with Gasteiger partial charge in [-0.15, -0.1) is 0 Å². The number of benzene rings is 1. The highest BCUT2D eigenvalue weighted by molar-refractivity contribution is 5.74. The van der Waals surface area contributed by atoms with E-state index in [-0.39, 0.29) is 12.1 Å². The Morgan fingerprint density at radius 3 is 2.89 bits per heavy atom. The van der Waals surface area contributed by atoms with E-state index in [1.54, 1.807) is 14.1 Å². The van der Waals surface area contributed by atoms with Gasteiger partial charge in [0, 0.05) is 26.1 Å². The molecule has 0 spiro atoms. The number of fused-ring (bicyclic) bond motifs is 1. The third-order valence-electron chi connectivity index (χ3n) is 3.02. The van der Waals surface area contributed by atoms with Crippen LogP contribution in [0.15, 0.2) is 24.3 Å². The van der Waals surface area contributed by atoms with Crippen LogP contribution in [-0.4, -0.2) is 42.8 Å². The molecule has 0 saturated carbocycles. The number of hydrogen-bond acceptors (Lipinski definition) is 3. The van der Waals surface area contributed by atoms with Crippen LogP contribution < -0.4 is 10.1 Å². The van der Waals surface area contributed by atoms with Crippen LogP contribution in [0.5, 0.6) is 5.75 Å². The van der Waals surface area contributed by atoms with E-state index < -0.39 is 6.10 Å². The summed E-state index contributed by atoms with van der Waals surface area (Å²) in [5, 5.41) is 13.1. The first kappa shape index (κ1) is 12.7. The summed E-state index contributed by atoms with van der Waals surface area (Å²) < 4.78 is 5.57. The summed E-state index contributed by atoms with van der Waals surface area (Å²) in [4.78, 5) is 13.1. The molecule has 5 nitrogen and oxygen atoms in total. The molecule has 0 aliphatic carbocycles. The summed E-state index contributed by atoms with van der Waals surface area (Å²) in [6.07, 6.45) is -0.164. The first-order valence-corrected chi connectivity index (χ1v) is 5.97. The molecule has 1 aromatic carbocycles. The van der Waals surface area contributed by atoms with Crippen LogP contribution in [0.2, 0.25) is 0 Å². The lowest BCUT2D eigenvalue weighted by Gasteiger charge is -2.23. The van der Waals surface area contributed by atoms with Gasteiger partial charge in [0.15, 0.2) is 0 Å². The average molecular weight is 250 g/mol. The zero-order chi connectivity index (χ0) is 13.1. The molecule has 18 heavy (non-hydrogen) atoms. The predicted molar refractivity (Wildman–Crippen MR) is 67.5 cm³/mol. The van der Waals surface area contributed by atoms with E-state index in [2.05, 4.69) is 5.32 Å². The highest BCUT2D eigenvalue weighted by Crippen LogP contribution is 2.31. The number of amides is 2. The molecule has 1 aliphatic rings. The standard InChI is InChI=1S/C13H18N2O3/c1-15(2)13(17)14-10-7-8-18-11-6-4-3-5-9(11)12(10)16/h3-6,10,12,16H,7-8H2,1-2H3,(H,14,17). The molecule has 0 aromatic heterocycles. The maximum atomic E-state index is 11.6. The second kappa shape index (κ2) is 5.27. The molecule has 0 radical (unpaired) electrons. The van der Waals surface area contributed by atoms with E-state index in [1.807, 2.05) is 24.3 Å². The summed E-state index contributed by atoms with van der Waals surface area (Å²) >= 11 is 0. The van der Waals surface area contributed by atoms with Crippen LogP contribution in [0.1, 0.15) is 18.1 Å². The number of nitrogens with one attached hydrogen (secondary N) is 1. The second-order valence-corrected chi connectivity index (χ2v) is 4.57. The molecule has 2 unspecified atom stereocenters. The third-order valence-corrected chi connectivity index (χ3v) is 3.02. The molecule has 2 amide bonds. The van der Waals surface area contributed by atoms with Crippen molar-refractivity contribution in [2.75, 3.05) is 20.7 Å². The Morgan fingerprint density at radius 2 is 2.17 bits per heavy atom. The van der Waals surface area contributed by atoms with Crippen molar-refractivity contribution in [1.82, 2.24) is 10.2 Å². The number of aliphatic hydroxyl groups excluding tert-OH is 1. The Balaban J connectivity index is 2.17. The molecule has 1 aromatic rings. The maximum absolute atomic E-state index is 11.6. The van der Waals surface area contributed by atoms with Gasteiger partial charge in [0.25, 0.3) is 0 Å². The number of aliphatic hydroxyl groups is 1. The van der Waals surface area contributed by atoms with E-state index in [0.29, 0.717) is 18.8 Å². The highest BCUT2D eigenvalue weighted by atomic mass is 16.5. The number of para-hydroxylation sites is 1. The Labute approximate surface area is 106 Å². The van der Waals surface area contributed by atoms with Crippen molar-refractivity contribution in [3.63, 3.8) is 0 Å². The van der Waals surface area contributed by atoms with Gasteiger partial charge in [-0.05, 0) is 6.07 Å². The lowest BCUT2D eigenvalue weighted by molar-refractivity contribution is 0.124. The largest absolute Gasteiger partial charge is 0.493 e. The van der Waals surface area contributed by atoms with Gasteiger partial charge in [-0.3, -0.25) is 0 Å². The van der Waals surface area contributed by atoms with Crippen LogP contribution in [0.3, 0.4) is 0 Å². The number of nitrogens with zero attached hydrogens (tertiary/aromatic N) is 1. The molecule has 0 fully saturated rings. The minimum absolute atomic E-state index is 0.210. The smallest absolute Gasteiger partial charge is 0.317 e. The SMILES string of the molecule is CN(C)C(=O)NC1CCOc2ccccc2C1O. The fourth-order valence-corrected chi connectivity index (χ4v) is 1.97. The highest BCUT2D eigenvalue weighted by Gasteiger charge is 2.28. The summed E-state index contributed by atoms with van der Waals surface area (Å²) in [5.41, 5.74) is 0.721. The summed E-state index contributed by atoms with van der Waals surface area (Å²) in [5.74, 6) is 0.687. The lowest BCUT2D eigenvalue weighted by Crippen LogP contribution is -2.44. The zero-order valence-electron chi connectivity index (χ0n) is 10.6. The Hall–Kier alpha value is -1.75. The van der Waals surface area contributed by atoms with Crippen molar-refractivity contribution in [3.8, 4) is 5.75 Å². The molecule has 98 valence electrons. The molecule has 2 atom stereocenters. The summed E-state index contributed by atoms with van der Waals surface area (Å²) in [6, 6.07) is 6.82. The Morgan fingerprint density at radius 1 is 1.44 bits per heavy atom. The molecule has 2 rings (SSSR count). The molecule has 2 N–H and O–H groups in total. The fourth-order valence-electron chi connectivity index (χ4n) is 1.97. The first-order valence-electron chi connectivity index (χ1n) is 5.97. The number of urea groups is 1. The molecule has 5 heteroatoms. The van der Waals surface area contributed by atoms with Crippen molar-refractivity contribution in [1.29, 1.82) is 0 Å². The third kappa shape index (κ3) is 2.56. The zero-order valence-corrected chi connectivity index (χ0v) is 10.6. The predicted octanol–water partition coefficient (Wildman–Crippen LogP) is 1.14. The van der Waals surface area contributed by atoms with E-state index in [4.69, 9.17) is 4.74 Å². The van der Waals surface area contributed by atoms with E-state index in [1.165, 1.54) is 4.90 Å². The van der Waals surface area contributed by atoms with Crippen molar-refractivity contribution in [2.45, 2.75) is 18.6 Å². The number of hydrogen-bond donors (Lipinski definition) is 2.